The SMILES string of the molecule is O=C(CCNS(=O)(=O)c1ccc(Br)cc1)Nc1nc(-c2cccnc2)cs1. The molecule has 0 spiro atoms. The number of anilines is 1. The number of nitrogens with one attached hydrogen (secondary N) is 2. The molecule has 3 rings (SSSR count). The summed E-state index contributed by atoms with van der Waals surface area (Å²) in [4.78, 5) is 20.5. The molecule has 7 nitrogen and oxygen atoms in total. The van der Waals surface area contributed by atoms with E-state index in [0.29, 0.717) is 5.13 Å². The van der Waals surface area contributed by atoms with Crippen LogP contribution >= 0.6 is 27.3 Å². The van der Waals surface area contributed by atoms with Gasteiger partial charge in [0.05, 0.1) is 10.6 Å². The van der Waals surface area contributed by atoms with E-state index in [2.05, 4.69) is 35.9 Å². The lowest BCUT2D eigenvalue weighted by Crippen LogP contribution is -2.27. The van der Waals surface area contributed by atoms with Crippen molar-refractivity contribution in [3.05, 3.63) is 58.6 Å². The molecule has 2 heterocycles. The molecule has 0 saturated carbocycles. The summed E-state index contributed by atoms with van der Waals surface area (Å²) in [5.74, 6) is -0.319. The third-order valence-electron chi connectivity index (χ3n) is 3.48. The first kappa shape index (κ1) is 19.6. The number of amides is 1. The second-order valence-electron chi connectivity index (χ2n) is 5.43. The van der Waals surface area contributed by atoms with Crippen LogP contribution < -0.4 is 10.0 Å². The average molecular weight is 467 g/mol. The summed E-state index contributed by atoms with van der Waals surface area (Å²) >= 11 is 4.55. The Bertz CT molecular complexity index is 1020. The summed E-state index contributed by atoms with van der Waals surface area (Å²) in [5.41, 5.74) is 1.58. The highest BCUT2D eigenvalue weighted by Crippen LogP contribution is 2.24. The zero-order chi connectivity index (χ0) is 19.3. The van der Waals surface area contributed by atoms with Crippen LogP contribution in [0.5, 0.6) is 0 Å². The minimum Gasteiger partial charge on any atom is -0.302 e. The summed E-state index contributed by atoms with van der Waals surface area (Å²) in [6.07, 6.45) is 3.36. The molecular weight excluding hydrogens is 452 g/mol. The summed E-state index contributed by atoms with van der Waals surface area (Å²) < 4.78 is 27.5. The number of halogens is 1. The van der Waals surface area contributed by atoms with Gasteiger partial charge in [-0.1, -0.05) is 15.9 Å². The number of carbonyl (C=O) groups is 1. The Morgan fingerprint density at radius 1 is 1.19 bits per heavy atom. The molecule has 0 aliphatic carbocycles. The first-order valence-electron chi connectivity index (χ1n) is 7.85. The molecule has 0 radical (unpaired) electrons. The maximum absolute atomic E-state index is 12.2. The number of hydrogen-bond donors (Lipinski definition) is 2. The lowest BCUT2D eigenvalue weighted by Gasteiger charge is -2.06. The van der Waals surface area contributed by atoms with Crippen molar-refractivity contribution in [2.45, 2.75) is 11.3 Å². The number of nitrogens with zero attached hydrogens (tertiary/aromatic N) is 2. The van der Waals surface area contributed by atoms with Crippen LogP contribution in [0, 0.1) is 0 Å². The van der Waals surface area contributed by atoms with E-state index in [4.69, 9.17) is 0 Å². The van der Waals surface area contributed by atoms with Crippen molar-refractivity contribution >= 4 is 48.3 Å². The number of pyridine rings is 1. The molecule has 3 aromatic rings. The fourth-order valence-corrected chi connectivity index (χ4v) is 4.19. The molecule has 0 saturated heterocycles. The van der Waals surface area contributed by atoms with E-state index in [1.165, 1.54) is 23.5 Å². The van der Waals surface area contributed by atoms with Crippen LogP contribution in [0.2, 0.25) is 0 Å². The zero-order valence-corrected chi connectivity index (χ0v) is 17.1. The van der Waals surface area contributed by atoms with Gasteiger partial charge in [-0.2, -0.15) is 0 Å². The Morgan fingerprint density at radius 3 is 2.67 bits per heavy atom. The van der Waals surface area contributed by atoms with Gasteiger partial charge in [0, 0.05) is 40.8 Å². The van der Waals surface area contributed by atoms with Crippen molar-refractivity contribution < 1.29 is 13.2 Å². The van der Waals surface area contributed by atoms with Crippen LogP contribution in [0.4, 0.5) is 5.13 Å². The minimum absolute atomic E-state index is 0.00242. The number of carbonyl (C=O) groups excluding carboxylic acids is 1. The third kappa shape index (κ3) is 5.42. The number of rotatable bonds is 7. The van der Waals surface area contributed by atoms with Crippen molar-refractivity contribution in [3.63, 3.8) is 0 Å². The van der Waals surface area contributed by atoms with Crippen LogP contribution in [0.25, 0.3) is 11.3 Å². The van der Waals surface area contributed by atoms with Crippen molar-refractivity contribution in [3.8, 4) is 11.3 Å². The first-order valence-corrected chi connectivity index (χ1v) is 11.0. The molecule has 2 aromatic heterocycles. The zero-order valence-electron chi connectivity index (χ0n) is 13.9. The molecule has 0 aliphatic heterocycles. The molecule has 0 unspecified atom stereocenters. The first-order chi connectivity index (χ1) is 12.9. The van der Waals surface area contributed by atoms with E-state index in [9.17, 15) is 13.2 Å². The van der Waals surface area contributed by atoms with Gasteiger partial charge in [0.1, 0.15) is 0 Å². The van der Waals surface area contributed by atoms with Gasteiger partial charge in [-0.05, 0) is 36.4 Å². The largest absolute Gasteiger partial charge is 0.302 e. The molecule has 2 N–H and O–H groups in total. The van der Waals surface area contributed by atoms with Crippen LogP contribution in [0.1, 0.15) is 6.42 Å². The molecule has 1 amide bonds. The summed E-state index contributed by atoms with van der Waals surface area (Å²) in [6.45, 7) is -0.00886. The lowest BCUT2D eigenvalue weighted by molar-refractivity contribution is -0.116. The van der Waals surface area contributed by atoms with E-state index in [0.717, 1.165) is 15.7 Å². The smallest absolute Gasteiger partial charge is 0.240 e. The second-order valence-corrected chi connectivity index (χ2v) is 8.97. The number of hydrogen-bond acceptors (Lipinski definition) is 6. The highest BCUT2D eigenvalue weighted by Gasteiger charge is 2.14. The summed E-state index contributed by atoms with van der Waals surface area (Å²) in [7, 11) is -3.65. The predicted octanol–water partition coefficient (Wildman–Crippen LogP) is 3.27. The molecular formula is C17H15BrN4O3S2. The van der Waals surface area contributed by atoms with Crippen molar-refractivity contribution in [2.75, 3.05) is 11.9 Å². The Labute approximate surface area is 169 Å². The van der Waals surface area contributed by atoms with Crippen molar-refractivity contribution in [2.24, 2.45) is 0 Å². The Kier molecular flexibility index (Phi) is 6.32. The van der Waals surface area contributed by atoms with Gasteiger partial charge in [-0.25, -0.2) is 18.1 Å². The topological polar surface area (TPSA) is 101 Å². The summed E-state index contributed by atoms with van der Waals surface area (Å²) in [5, 5.41) is 4.95. The third-order valence-corrected chi connectivity index (χ3v) is 6.24. The lowest BCUT2D eigenvalue weighted by atomic mass is 10.2. The van der Waals surface area contributed by atoms with Crippen LogP contribution in [0.15, 0.2) is 63.5 Å². The molecule has 0 fully saturated rings. The van der Waals surface area contributed by atoms with Gasteiger partial charge in [-0.15, -0.1) is 11.3 Å². The average Bonchev–Trinajstić information content (AvgIpc) is 3.11. The maximum Gasteiger partial charge on any atom is 0.240 e. The molecule has 10 heteroatoms. The van der Waals surface area contributed by atoms with E-state index >= 15 is 0 Å². The monoisotopic (exact) mass is 466 g/mol. The van der Waals surface area contributed by atoms with Crippen LogP contribution in [-0.4, -0.2) is 30.8 Å². The van der Waals surface area contributed by atoms with E-state index in [1.807, 2.05) is 17.5 Å². The highest BCUT2D eigenvalue weighted by atomic mass is 79.9. The normalized spacial score (nSPS) is 11.3. The Morgan fingerprint density at radius 2 is 1.96 bits per heavy atom. The molecule has 0 bridgehead atoms. The number of sulfonamides is 1. The maximum atomic E-state index is 12.2. The highest BCUT2D eigenvalue weighted by molar-refractivity contribution is 9.10. The van der Waals surface area contributed by atoms with E-state index in [1.54, 1.807) is 24.5 Å². The summed E-state index contributed by atoms with van der Waals surface area (Å²) in [6, 6.07) is 9.95. The molecule has 0 aliphatic rings. The van der Waals surface area contributed by atoms with Gasteiger partial charge < -0.3 is 5.32 Å². The van der Waals surface area contributed by atoms with Gasteiger partial charge in [0.15, 0.2) is 5.13 Å². The van der Waals surface area contributed by atoms with Gasteiger partial charge >= 0.3 is 0 Å². The Hall–Kier alpha value is -2.14. The fourth-order valence-electron chi connectivity index (χ4n) is 2.16. The van der Waals surface area contributed by atoms with Gasteiger partial charge in [0.2, 0.25) is 15.9 Å². The van der Waals surface area contributed by atoms with Crippen LogP contribution in [-0.2, 0) is 14.8 Å². The number of benzene rings is 1. The molecule has 0 atom stereocenters. The standard InChI is InChI=1S/C17H15BrN4O3S2/c18-13-3-5-14(6-4-13)27(24,25)20-9-7-16(23)22-17-21-15(11-26-17)12-2-1-8-19-10-12/h1-6,8,10-11,20H,7,9H2,(H,21,22,23). The second kappa shape index (κ2) is 8.70. The quantitative estimate of drug-likeness (QED) is 0.556. The minimum atomic E-state index is -3.65. The molecule has 140 valence electrons. The van der Waals surface area contributed by atoms with Gasteiger partial charge in [0.25, 0.3) is 0 Å². The van der Waals surface area contributed by atoms with E-state index in [-0.39, 0.29) is 23.8 Å². The Balaban J connectivity index is 1.51. The van der Waals surface area contributed by atoms with Crippen LogP contribution in [0.3, 0.4) is 0 Å². The van der Waals surface area contributed by atoms with Crippen molar-refractivity contribution in [1.82, 2.24) is 14.7 Å². The molecule has 1 aromatic carbocycles. The number of aromatic nitrogens is 2. The number of thiazole rings is 1. The van der Waals surface area contributed by atoms with Crippen molar-refractivity contribution in [1.29, 1.82) is 0 Å². The van der Waals surface area contributed by atoms with Gasteiger partial charge in [-0.3, -0.25) is 9.78 Å². The van der Waals surface area contributed by atoms with E-state index < -0.39 is 10.0 Å². The fraction of sp³-hybridized carbons (Fsp3) is 0.118. The molecule has 27 heavy (non-hydrogen) atoms. The predicted molar refractivity (Wildman–Crippen MR) is 108 cm³/mol.